The molecule has 2 heterocycles. The number of hydrogen-bond donors (Lipinski definition) is 1. The summed E-state index contributed by atoms with van der Waals surface area (Å²) < 4.78 is 27.4. The van der Waals surface area contributed by atoms with Crippen LogP contribution >= 0.6 is 23.2 Å². The van der Waals surface area contributed by atoms with E-state index in [1.54, 1.807) is 24.3 Å². The zero-order chi connectivity index (χ0) is 16.9. The summed E-state index contributed by atoms with van der Waals surface area (Å²) in [5, 5.41) is 1.84. The van der Waals surface area contributed by atoms with E-state index in [0.717, 1.165) is 22.2 Å². The lowest BCUT2D eigenvalue weighted by Crippen LogP contribution is -2.35. The van der Waals surface area contributed by atoms with Crippen molar-refractivity contribution in [3.05, 3.63) is 63.8 Å². The zero-order valence-electron chi connectivity index (χ0n) is 12.6. The molecule has 0 radical (unpaired) electrons. The average molecular weight is 381 g/mol. The average Bonchev–Trinajstić information content (AvgIpc) is 2.92. The number of aromatic amines is 1. The van der Waals surface area contributed by atoms with Crippen LogP contribution in [0.4, 0.5) is 0 Å². The highest BCUT2D eigenvalue weighted by atomic mass is 35.5. The van der Waals surface area contributed by atoms with Crippen LogP contribution in [0.1, 0.15) is 11.3 Å². The van der Waals surface area contributed by atoms with Gasteiger partial charge < -0.3 is 4.98 Å². The normalized spacial score (nSPS) is 15.6. The van der Waals surface area contributed by atoms with Crippen LogP contribution in [0.5, 0.6) is 0 Å². The van der Waals surface area contributed by atoms with Gasteiger partial charge in [0.2, 0.25) is 10.0 Å². The van der Waals surface area contributed by atoms with Gasteiger partial charge in [-0.15, -0.1) is 0 Å². The largest absolute Gasteiger partial charge is 0.358 e. The summed E-state index contributed by atoms with van der Waals surface area (Å²) in [6.07, 6.45) is 0.630. The second kappa shape index (κ2) is 5.77. The predicted octanol–water partition coefficient (Wildman–Crippen LogP) is 4.22. The van der Waals surface area contributed by atoms with Crippen LogP contribution in [0, 0.1) is 0 Å². The second-order valence-electron chi connectivity index (χ2n) is 5.79. The molecule has 1 aliphatic heterocycles. The molecule has 1 aromatic heterocycles. The Labute approximate surface area is 150 Å². The van der Waals surface area contributed by atoms with Gasteiger partial charge in [0, 0.05) is 41.1 Å². The topological polar surface area (TPSA) is 53.2 Å². The maximum absolute atomic E-state index is 12.9. The molecular formula is C17H14Cl2N2O2S. The minimum Gasteiger partial charge on any atom is -0.358 e. The van der Waals surface area contributed by atoms with Crippen molar-refractivity contribution in [2.75, 3.05) is 6.54 Å². The van der Waals surface area contributed by atoms with E-state index in [9.17, 15) is 8.42 Å². The summed E-state index contributed by atoms with van der Waals surface area (Å²) in [5.74, 6) is 0. The zero-order valence-corrected chi connectivity index (χ0v) is 14.9. The fourth-order valence-electron chi connectivity index (χ4n) is 3.16. The number of fused-ring (bicyclic) bond motifs is 3. The minimum atomic E-state index is -3.64. The number of hydrogen-bond acceptors (Lipinski definition) is 2. The second-order valence-corrected chi connectivity index (χ2v) is 8.54. The van der Waals surface area contributed by atoms with Crippen molar-refractivity contribution >= 4 is 44.1 Å². The van der Waals surface area contributed by atoms with Gasteiger partial charge in [-0.25, -0.2) is 8.42 Å². The van der Waals surface area contributed by atoms with Crippen molar-refractivity contribution in [1.29, 1.82) is 0 Å². The molecule has 0 amide bonds. The van der Waals surface area contributed by atoms with Crippen molar-refractivity contribution in [2.24, 2.45) is 0 Å². The van der Waals surface area contributed by atoms with Gasteiger partial charge in [-0.05, 0) is 35.9 Å². The van der Waals surface area contributed by atoms with Crippen LogP contribution in [0.2, 0.25) is 10.0 Å². The first-order valence-electron chi connectivity index (χ1n) is 7.50. The van der Waals surface area contributed by atoms with Gasteiger partial charge >= 0.3 is 0 Å². The molecule has 0 aliphatic carbocycles. The summed E-state index contributed by atoms with van der Waals surface area (Å²) in [7, 11) is -3.64. The molecule has 0 unspecified atom stereocenters. The van der Waals surface area contributed by atoms with Crippen molar-refractivity contribution in [3.8, 4) is 0 Å². The molecule has 7 heteroatoms. The summed E-state index contributed by atoms with van der Waals surface area (Å²) in [6, 6.07) is 12.1. The number of H-pyrrole nitrogens is 1. The third-order valence-electron chi connectivity index (χ3n) is 4.36. The fraction of sp³-hybridized carbons (Fsp3) is 0.176. The Bertz CT molecular complexity index is 1040. The maximum Gasteiger partial charge on any atom is 0.244 e. The van der Waals surface area contributed by atoms with Crippen LogP contribution in [0.3, 0.4) is 0 Å². The van der Waals surface area contributed by atoms with Crippen LogP contribution in [-0.2, 0) is 23.0 Å². The van der Waals surface area contributed by atoms with E-state index in [1.807, 2.05) is 18.2 Å². The summed E-state index contributed by atoms with van der Waals surface area (Å²) >= 11 is 12.2. The van der Waals surface area contributed by atoms with Crippen molar-refractivity contribution in [1.82, 2.24) is 9.29 Å². The molecule has 0 atom stereocenters. The number of nitrogens with one attached hydrogen (secondary N) is 1. The maximum atomic E-state index is 12.9. The van der Waals surface area contributed by atoms with Gasteiger partial charge in [-0.3, -0.25) is 0 Å². The Morgan fingerprint density at radius 2 is 1.88 bits per heavy atom. The molecule has 2 aromatic carbocycles. The van der Waals surface area contributed by atoms with E-state index in [1.165, 1.54) is 4.31 Å². The molecule has 4 nitrogen and oxygen atoms in total. The molecule has 4 rings (SSSR count). The minimum absolute atomic E-state index is 0.146. The SMILES string of the molecule is O=S(=O)(c1ccccc1Cl)N1CCc2[nH]c3ccc(Cl)cc3c2C1. The Morgan fingerprint density at radius 1 is 1.08 bits per heavy atom. The van der Waals surface area contributed by atoms with Crippen molar-refractivity contribution in [3.63, 3.8) is 0 Å². The van der Waals surface area contributed by atoms with Crippen molar-refractivity contribution < 1.29 is 8.42 Å². The van der Waals surface area contributed by atoms with Gasteiger partial charge in [-0.2, -0.15) is 4.31 Å². The molecule has 1 aliphatic rings. The van der Waals surface area contributed by atoms with E-state index in [0.29, 0.717) is 24.5 Å². The van der Waals surface area contributed by atoms with Crippen LogP contribution < -0.4 is 0 Å². The number of halogens is 2. The molecule has 0 fully saturated rings. The summed E-state index contributed by atoms with van der Waals surface area (Å²) in [5.41, 5.74) is 3.02. The first kappa shape index (κ1) is 16.0. The molecule has 1 N–H and O–H groups in total. The number of aromatic nitrogens is 1. The third kappa shape index (κ3) is 2.52. The smallest absolute Gasteiger partial charge is 0.244 e. The number of rotatable bonds is 2. The lowest BCUT2D eigenvalue weighted by atomic mass is 10.1. The lowest BCUT2D eigenvalue weighted by molar-refractivity contribution is 0.391. The van der Waals surface area contributed by atoms with Crippen LogP contribution in [0.15, 0.2) is 47.4 Å². The third-order valence-corrected chi connectivity index (χ3v) is 6.94. The van der Waals surface area contributed by atoms with E-state index in [4.69, 9.17) is 23.2 Å². The van der Waals surface area contributed by atoms with E-state index >= 15 is 0 Å². The van der Waals surface area contributed by atoms with Gasteiger partial charge in [0.1, 0.15) is 4.90 Å². The molecular weight excluding hydrogens is 367 g/mol. The van der Waals surface area contributed by atoms with Gasteiger partial charge in [0.05, 0.1) is 5.02 Å². The Kier molecular flexibility index (Phi) is 3.84. The Hall–Kier alpha value is -1.53. The molecule has 3 aromatic rings. The lowest BCUT2D eigenvalue weighted by Gasteiger charge is -2.26. The van der Waals surface area contributed by atoms with Crippen LogP contribution in [-0.4, -0.2) is 24.3 Å². The van der Waals surface area contributed by atoms with E-state index in [-0.39, 0.29) is 9.92 Å². The number of benzene rings is 2. The molecule has 0 saturated carbocycles. The molecule has 24 heavy (non-hydrogen) atoms. The van der Waals surface area contributed by atoms with E-state index < -0.39 is 10.0 Å². The first-order chi connectivity index (χ1) is 11.5. The number of nitrogens with zero attached hydrogens (tertiary/aromatic N) is 1. The number of sulfonamides is 1. The first-order valence-corrected chi connectivity index (χ1v) is 9.70. The summed E-state index contributed by atoms with van der Waals surface area (Å²) in [6.45, 7) is 0.727. The monoisotopic (exact) mass is 380 g/mol. The predicted molar refractivity (Wildman–Crippen MR) is 96.1 cm³/mol. The highest BCUT2D eigenvalue weighted by molar-refractivity contribution is 7.89. The van der Waals surface area contributed by atoms with Gasteiger partial charge in [0.25, 0.3) is 0 Å². The highest BCUT2D eigenvalue weighted by Gasteiger charge is 2.31. The standard InChI is InChI=1S/C17H14Cl2N2O2S/c18-11-5-6-15-12(9-11)13-10-21(8-7-16(13)20-15)24(22,23)17-4-2-1-3-14(17)19/h1-6,9,20H,7-8,10H2. The van der Waals surface area contributed by atoms with Crippen molar-refractivity contribution in [2.45, 2.75) is 17.9 Å². The Morgan fingerprint density at radius 3 is 2.67 bits per heavy atom. The quantitative estimate of drug-likeness (QED) is 0.723. The fourth-order valence-corrected chi connectivity index (χ4v) is 5.23. The molecule has 0 bridgehead atoms. The molecule has 0 spiro atoms. The Balaban J connectivity index is 1.78. The highest BCUT2D eigenvalue weighted by Crippen LogP contribution is 2.33. The molecule has 124 valence electrons. The van der Waals surface area contributed by atoms with Crippen LogP contribution in [0.25, 0.3) is 10.9 Å². The summed E-state index contributed by atoms with van der Waals surface area (Å²) in [4.78, 5) is 3.51. The van der Waals surface area contributed by atoms with Gasteiger partial charge in [0.15, 0.2) is 0 Å². The molecule has 0 saturated heterocycles. The van der Waals surface area contributed by atoms with E-state index in [2.05, 4.69) is 4.98 Å². The van der Waals surface area contributed by atoms with Gasteiger partial charge in [-0.1, -0.05) is 35.3 Å².